The molecule has 6 rings (SSSR count). The van der Waals surface area contributed by atoms with Crippen molar-refractivity contribution in [1.29, 1.82) is 0 Å². The number of aromatic nitrogens is 2. The van der Waals surface area contributed by atoms with Gasteiger partial charge in [0.05, 0.1) is 24.7 Å². The molecule has 1 amide bonds. The molecule has 6 nitrogen and oxygen atoms in total. The van der Waals surface area contributed by atoms with Gasteiger partial charge in [-0.1, -0.05) is 123 Å². The molecule has 0 saturated carbocycles. The topological polar surface area (TPSA) is 76.4 Å². The minimum atomic E-state index is -1.43. The third-order valence-corrected chi connectivity index (χ3v) is 8.87. The van der Waals surface area contributed by atoms with Gasteiger partial charge in [-0.3, -0.25) is 4.79 Å². The number of aliphatic hydroxyl groups is 1. The lowest BCUT2D eigenvalue weighted by atomic mass is 9.76. The highest BCUT2D eigenvalue weighted by molar-refractivity contribution is 6.09. The number of amides is 1. The van der Waals surface area contributed by atoms with Crippen LogP contribution >= 0.6 is 0 Å². The summed E-state index contributed by atoms with van der Waals surface area (Å²) in [4.78, 5) is 17.7. The van der Waals surface area contributed by atoms with Gasteiger partial charge in [-0.2, -0.15) is 0 Å². The Bertz CT molecular complexity index is 1840. The summed E-state index contributed by atoms with van der Waals surface area (Å²) in [5.74, 6) is 0.0308. The summed E-state index contributed by atoms with van der Waals surface area (Å²) in [6.45, 7) is 3.98. The summed E-state index contributed by atoms with van der Waals surface area (Å²) >= 11 is 0. The summed E-state index contributed by atoms with van der Waals surface area (Å²) in [5.41, 5.74) is 2.71. The molecule has 0 radical (unpaired) electrons. The van der Waals surface area contributed by atoms with E-state index in [0.29, 0.717) is 22.6 Å². The van der Waals surface area contributed by atoms with Gasteiger partial charge in [0, 0.05) is 13.2 Å². The Balaban J connectivity index is 1.57. The maximum atomic E-state index is 12.8. The predicted molar refractivity (Wildman–Crippen MR) is 179 cm³/mol. The third kappa shape index (κ3) is 4.88. The van der Waals surface area contributed by atoms with E-state index in [1.807, 2.05) is 68.8 Å². The number of nitrogens with one attached hydrogen (secondary N) is 1. The zero-order chi connectivity index (χ0) is 31.6. The van der Waals surface area contributed by atoms with Crippen LogP contribution in [-0.2, 0) is 11.1 Å². The molecule has 1 heterocycles. The second-order valence-corrected chi connectivity index (χ2v) is 11.6. The number of ether oxygens (including phenoxy) is 1. The molecule has 0 spiro atoms. The van der Waals surface area contributed by atoms with Crippen molar-refractivity contribution in [1.82, 2.24) is 14.9 Å². The quantitative estimate of drug-likeness (QED) is 0.174. The van der Waals surface area contributed by atoms with E-state index in [2.05, 4.69) is 82.7 Å². The number of nitrogens with zero attached hydrogens (tertiary/aromatic N) is 2. The Morgan fingerprint density at radius 1 is 0.800 bits per heavy atom. The molecule has 6 aromatic rings. The van der Waals surface area contributed by atoms with Crippen LogP contribution in [0.1, 0.15) is 52.2 Å². The van der Waals surface area contributed by atoms with Crippen molar-refractivity contribution < 1.29 is 14.6 Å². The molecule has 5 aromatic carbocycles. The van der Waals surface area contributed by atoms with Crippen molar-refractivity contribution in [3.63, 3.8) is 0 Å². The summed E-state index contributed by atoms with van der Waals surface area (Å²) < 4.78 is 7.62. The first-order chi connectivity index (χ1) is 21.8. The Morgan fingerprint density at radius 3 is 1.84 bits per heavy atom. The normalized spacial score (nSPS) is 13.0. The largest absolute Gasteiger partial charge is 0.496 e. The van der Waals surface area contributed by atoms with Crippen LogP contribution in [0.4, 0.5) is 0 Å². The maximum absolute atomic E-state index is 12.8. The van der Waals surface area contributed by atoms with Gasteiger partial charge in [0.15, 0.2) is 0 Å². The summed E-state index contributed by atoms with van der Waals surface area (Å²) in [5, 5.41) is 16.9. The van der Waals surface area contributed by atoms with Crippen LogP contribution in [0, 0.1) is 5.92 Å². The summed E-state index contributed by atoms with van der Waals surface area (Å²) in [6, 6.07) is 40.6. The minimum absolute atomic E-state index is 0.227. The van der Waals surface area contributed by atoms with Gasteiger partial charge in [0.1, 0.15) is 16.9 Å². The number of imidazole rings is 1. The van der Waals surface area contributed by atoms with Gasteiger partial charge >= 0.3 is 0 Å². The van der Waals surface area contributed by atoms with Crippen LogP contribution < -0.4 is 10.1 Å². The SMILES string of the molecule is CNC(=O)c1c(OC)ccc2cc(C(O)(c3cn(C(c4ccccc4)(c4ccccc4)c4ccccc4)cn3)C(C)C)ccc12. The molecule has 0 bridgehead atoms. The Kier molecular flexibility index (Phi) is 8.00. The Morgan fingerprint density at radius 2 is 1.36 bits per heavy atom. The number of methoxy groups -OCH3 is 1. The fourth-order valence-corrected chi connectivity index (χ4v) is 6.54. The standard InChI is InChI=1S/C39H37N3O3/c1-27(2)39(44,32-21-22-33-28(24-32)20-23-34(45-4)36(33)37(43)40-3)35-25-42(26-41-35)38(29-14-8-5-9-15-29,30-16-10-6-11-17-30)31-18-12-7-13-19-31/h5-27,44H,1-4H3,(H,40,43). The Labute approximate surface area is 264 Å². The van der Waals surface area contributed by atoms with E-state index in [-0.39, 0.29) is 11.8 Å². The van der Waals surface area contributed by atoms with Crippen LogP contribution in [-0.4, -0.2) is 34.7 Å². The number of benzene rings is 5. The molecule has 0 aliphatic heterocycles. The van der Waals surface area contributed by atoms with Crippen molar-refractivity contribution in [2.45, 2.75) is 25.0 Å². The predicted octanol–water partition coefficient (Wildman–Crippen LogP) is 7.14. The fourth-order valence-electron chi connectivity index (χ4n) is 6.54. The zero-order valence-corrected chi connectivity index (χ0v) is 25.9. The van der Waals surface area contributed by atoms with Gasteiger partial charge in [0.25, 0.3) is 5.91 Å². The summed E-state index contributed by atoms with van der Waals surface area (Å²) in [7, 11) is 3.15. The second kappa shape index (κ2) is 12.1. The average Bonchev–Trinajstić information content (AvgIpc) is 3.59. The molecular formula is C39H37N3O3. The molecule has 45 heavy (non-hydrogen) atoms. The summed E-state index contributed by atoms with van der Waals surface area (Å²) in [6.07, 6.45) is 3.80. The van der Waals surface area contributed by atoms with Gasteiger partial charge in [-0.25, -0.2) is 4.98 Å². The van der Waals surface area contributed by atoms with Crippen LogP contribution in [0.15, 0.2) is 134 Å². The minimum Gasteiger partial charge on any atom is -0.496 e. The molecule has 6 heteroatoms. The molecule has 226 valence electrons. The lowest BCUT2D eigenvalue weighted by Gasteiger charge is -2.37. The second-order valence-electron chi connectivity index (χ2n) is 11.6. The highest BCUT2D eigenvalue weighted by atomic mass is 16.5. The van der Waals surface area contributed by atoms with E-state index in [9.17, 15) is 9.90 Å². The van der Waals surface area contributed by atoms with Gasteiger partial charge < -0.3 is 19.7 Å². The molecule has 0 saturated heterocycles. The molecule has 0 fully saturated rings. The van der Waals surface area contributed by atoms with Crippen LogP contribution in [0.5, 0.6) is 5.75 Å². The Hall–Kier alpha value is -5.20. The van der Waals surface area contributed by atoms with Crippen LogP contribution in [0.2, 0.25) is 0 Å². The van der Waals surface area contributed by atoms with E-state index in [1.165, 1.54) is 0 Å². The smallest absolute Gasteiger partial charge is 0.255 e. The number of hydrogen-bond acceptors (Lipinski definition) is 4. The zero-order valence-electron chi connectivity index (χ0n) is 25.9. The van der Waals surface area contributed by atoms with Gasteiger partial charge in [0.2, 0.25) is 0 Å². The number of carbonyl (C=O) groups excluding carboxylic acids is 1. The molecule has 0 aliphatic carbocycles. The average molecular weight is 596 g/mol. The van der Waals surface area contributed by atoms with E-state index >= 15 is 0 Å². The lowest BCUT2D eigenvalue weighted by molar-refractivity contribution is 0.0279. The molecule has 1 unspecified atom stereocenters. The highest BCUT2D eigenvalue weighted by Gasteiger charge is 2.42. The van der Waals surface area contributed by atoms with E-state index in [4.69, 9.17) is 9.72 Å². The highest BCUT2D eigenvalue weighted by Crippen LogP contribution is 2.43. The van der Waals surface area contributed by atoms with Crippen molar-refractivity contribution in [2.24, 2.45) is 5.92 Å². The van der Waals surface area contributed by atoms with Gasteiger partial charge in [-0.15, -0.1) is 0 Å². The van der Waals surface area contributed by atoms with E-state index in [0.717, 1.165) is 27.5 Å². The van der Waals surface area contributed by atoms with Crippen molar-refractivity contribution >= 4 is 16.7 Å². The van der Waals surface area contributed by atoms with Crippen molar-refractivity contribution in [3.05, 3.63) is 167 Å². The number of rotatable bonds is 9. The van der Waals surface area contributed by atoms with Gasteiger partial charge in [-0.05, 0) is 51.1 Å². The first-order valence-corrected chi connectivity index (χ1v) is 15.1. The first-order valence-electron chi connectivity index (χ1n) is 15.1. The fraction of sp³-hybridized carbons (Fsp3) is 0.179. The van der Waals surface area contributed by atoms with E-state index in [1.54, 1.807) is 20.2 Å². The van der Waals surface area contributed by atoms with Crippen LogP contribution in [0.25, 0.3) is 10.8 Å². The molecule has 2 N–H and O–H groups in total. The monoisotopic (exact) mass is 595 g/mol. The van der Waals surface area contributed by atoms with Crippen molar-refractivity contribution in [3.8, 4) is 5.75 Å². The first kappa shape index (κ1) is 29.9. The van der Waals surface area contributed by atoms with Crippen LogP contribution in [0.3, 0.4) is 0 Å². The lowest BCUT2D eigenvalue weighted by Crippen LogP contribution is -2.37. The third-order valence-electron chi connectivity index (χ3n) is 8.87. The van der Waals surface area contributed by atoms with Crippen molar-refractivity contribution in [2.75, 3.05) is 14.2 Å². The molecule has 0 aliphatic rings. The molecule has 1 aromatic heterocycles. The maximum Gasteiger partial charge on any atom is 0.255 e. The molecular weight excluding hydrogens is 558 g/mol. The number of fused-ring (bicyclic) bond motifs is 1. The van der Waals surface area contributed by atoms with E-state index < -0.39 is 11.1 Å². The number of carbonyl (C=O) groups is 1. The molecule has 1 atom stereocenters. The number of hydrogen-bond donors (Lipinski definition) is 2.